The van der Waals surface area contributed by atoms with Gasteiger partial charge in [0, 0.05) is 28.5 Å². The van der Waals surface area contributed by atoms with Crippen molar-refractivity contribution in [3.05, 3.63) is 64.3 Å². The van der Waals surface area contributed by atoms with Crippen molar-refractivity contribution in [3.8, 4) is 0 Å². The van der Waals surface area contributed by atoms with E-state index in [0.29, 0.717) is 32.8 Å². The van der Waals surface area contributed by atoms with Crippen LogP contribution in [0.3, 0.4) is 0 Å². The molecule has 0 atom stereocenters. The van der Waals surface area contributed by atoms with Gasteiger partial charge in [-0.25, -0.2) is 13.4 Å². The monoisotopic (exact) mass is 537 g/mol. The fourth-order valence-corrected chi connectivity index (χ4v) is 5.11. The van der Waals surface area contributed by atoms with Gasteiger partial charge in [-0.05, 0) is 36.2 Å². The lowest BCUT2D eigenvalue weighted by atomic mass is 10.1. The quantitative estimate of drug-likeness (QED) is 0.172. The molecule has 4 N–H and O–H groups in total. The highest BCUT2D eigenvalue weighted by Gasteiger charge is 2.28. The molecule has 35 heavy (non-hydrogen) atoms. The van der Waals surface area contributed by atoms with Crippen LogP contribution in [0.15, 0.2) is 58.5 Å². The Morgan fingerprint density at radius 2 is 1.91 bits per heavy atom. The van der Waals surface area contributed by atoms with Gasteiger partial charge in [-0.1, -0.05) is 54.7 Å². The Morgan fingerprint density at radius 3 is 2.60 bits per heavy atom. The third-order valence-corrected chi connectivity index (χ3v) is 7.30. The lowest BCUT2D eigenvalue weighted by molar-refractivity contribution is -0.144. The number of hydrogen-bond acceptors (Lipinski definition) is 6. The highest BCUT2D eigenvalue weighted by atomic mass is 35.5. The number of halogens is 2. The van der Waals surface area contributed by atoms with Gasteiger partial charge in [-0.15, -0.1) is 0 Å². The molecule has 0 saturated carbocycles. The molecule has 0 aliphatic rings. The number of aromatic nitrogens is 1. The molecule has 1 aromatic heterocycles. The molecule has 12 heteroatoms. The van der Waals surface area contributed by atoms with Crippen LogP contribution in [-0.2, 0) is 26.1 Å². The molecule has 0 saturated heterocycles. The molecule has 0 amide bonds. The van der Waals surface area contributed by atoms with Gasteiger partial charge in [-0.2, -0.15) is 9.30 Å². The average Bonchev–Trinajstić information content (AvgIpc) is 2.80. The largest absolute Gasteiger partial charge is 0.465 e. The lowest BCUT2D eigenvalue weighted by Crippen LogP contribution is -2.36. The fourth-order valence-electron chi connectivity index (χ4n) is 3.28. The van der Waals surface area contributed by atoms with Crippen LogP contribution >= 0.6 is 23.2 Å². The van der Waals surface area contributed by atoms with Crippen molar-refractivity contribution in [2.45, 2.75) is 31.2 Å². The third kappa shape index (κ3) is 6.82. The van der Waals surface area contributed by atoms with E-state index in [1.807, 2.05) is 6.92 Å². The standard InChI is InChI=1S/C23H25Cl2N5O4S/c1-2-3-9-34-21(31)14-30(13-15-5-4-6-16(24)10-15)35(32,33)17-7-8-18-19(11-17)22(29-23(26)27)28-12-20(18)25/h4-8,10-12H,2-3,9,13-14H2,1H3,(H4,26,27,28,29). The zero-order valence-electron chi connectivity index (χ0n) is 18.9. The van der Waals surface area contributed by atoms with E-state index in [2.05, 4.69) is 9.98 Å². The van der Waals surface area contributed by atoms with Crippen molar-refractivity contribution < 1.29 is 17.9 Å². The number of nitrogens with two attached hydrogens (primary N) is 2. The predicted octanol–water partition coefficient (Wildman–Crippen LogP) is 3.98. The molecule has 186 valence electrons. The molecule has 0 aliphatic carbocycles. The summed E-state index contributed by atoms with van der Waals surface area (Å²) < 4.78 is 33.6. The van der Waals surface area contributed by atoms with Gasteiger partial charge in [-0.3, -0.25) is 4.79 Å². The molecular formula is C23H25Cl2N5O4S. The zero-order valence-corrected chi connectivity index (χ0v) is 21.3. The number of nitrogens with zero attached hydrogens (tertiary/aromatic N) is 3. The van der Waals surface area contributed by atoms with E-state index < -0.39 is 22.5 Å². The van der Waals surface area contributed by atoms with Crippen LogP contribution in [0.5, 0.6) is 0 Å². The summed E-state index contributed by atoms with van der Waals surface area (Å²) in [7, 11) is -4.18. The van der Waals surface area contributed by atoms with Crippen molar-refractivity contribution in [2.24, 2.45) is 16.5 Å². The molecule has 0 fully saturated rings. The number of guanidine groups is 1. The van der Waals surface area contributed by atoms with Crippen molar-refractivity contribution in [3.63, 3.8) is 0 Å². The second-order valence-electron chi connectivity index (χ2n) is 7.65. The minimum absolute atomic E-state index is 0.0931. The van der Waals surface area contributed by atoms with Crippen LogP contribution in [0, 0.1) is 0 Å². The van der Waals surface area contributed by atoms with Crippen LogP contribution in [0.25, 0.3) is 10.8 Å². The van der Waals surface area contributed by atoms with Crippen LogP contribution < -0.4 is 11.5 Å². The van der Waals surface area contributed by atoms with Crippen LogP contribution in [0.2, 0.25) is 10.0 Å². The van der Waals surface area contributed by atoms with E-state index in [4.69, 9.17) is 39.4 Å². The summed E-state index contributed by atoms with van der Waals surface area (Å²) in [6.45, 7) is 1.59. The number of esters is 1. The minimum Gasteiger partial charge on any atom is -0.465 e. The molecule has 3 rings (SSSR count). The molecular weight excluding hydrogens is 513 g/mol. The van der Waals surface area contributed by atoms with Gasteiger partial charge in [0.1, 0.15) is 6.54 Å². The number of aliphatic imine (C=N–C) groups is 1. The molecule has 0 radical (unpaired) electrons. The Hall–Kier alpha value is -2.92. The maximum absolute atomic E-state index is 13.7. The molecule has 0 bridgehead atoms. The number of carbonyl (C=O) groups is 1. The smallest absolute Gasteiger partial charge is 0.321 e. The Bertz CT molecular complexity index is 1360. The first kappa shape index (κ1) is 26.7. The predicted molar refractivity (Wildman–Crippen MR) is 137 cm³/mol. The van der Waals surface area contributed by atoms with E-state index in [1.54, 1.807) is 24.3 Å². The Morgan fingerprint density at radius 1 is 1.14 bits per heavy atom. The summed E-state index contributed by atoms with van der Waals surface area (Å²) in [6, 6.07) is 11.0. The second-order valence-corrected chi connectivity index (χ2v) is 10.4. The summed E-state index contributed by atoms with van der Waals surface area (Å²) in [5.41, 5.74) is 11.6. The van der Waals surface area contributed by atoms with Gasteiger partial charge in [0.05, 0.1) is 16.5 Å². The topological polar surface area (TPSA) is 141 Å². The van der Waals surface area contributed by atoms with E-state index >= 15 is 0 Å². The van der Waals surface area contributed by atoms with Gasteiger partial charge < -0.3 is 16.2 Å². The van der Waals surface area contributed by atoms with E-state index in [1.165, 1.54) is 24.4 Å². The van der Waals surface area contributed by atoms with Crippen molar-refractivity contribution in [1.29, 1.82) is 0 Å². The van der Waals surface area contributed by atoms with E-state index in [0.717, 1.165) is 10.7 Å². The summed E-state index contributed by atoms with van der Waals surface area (Å²) in [6.07, 6.45) is 2.89. The average molecular weight is 538 g/mol. The number of unbranched alkanes of at least 4 members (excludes halogenated alkanes) is 1. The Kier molecular flexibility index (Phi) is 8.90. The van der Waals surface area contributed by atoms with Crippen molar-refractivity contribution >= 4 is 61.7 Å². The van der Waals surface area contributed by atoms with Gasteiger partial charge >= 0.3 is 5.97 Å². The van der Waals surface area contributed by atoms with Gasteiger partial charge in [0.2, 0.25) is 10.0 Å². The molecule has 0 spiro atoms. The molecule has 1 heterocycles. The Balaban J connectivity index is 2.05. The SMILES string of the molecule is CCCCOC(=O)CN(Cc1cccc(Cl)c1)S(=O)(=O)c1ccc2c(Cl)cnc(N=C(N)N)c2c1. The number of rotatable bonds is 10. The number of pyridine rings is 1. The fraction of sp³-hybridized carbons (Fsp3) is 0.261. The molecule has 2 aromatic carbocycles. The maximum atomic E-state index is 13.7. The second kappa shape index (κ2) is 11.7. The van der Waals surface area contributed by atoms with Crippen molar-refractivity contribution in [1.82, 2.24) is 9.29 Å². The normalized spacial score (nSPS) is 11.5. The first-order valence-electron chi connectivity index (χ1n) is 10.7. The first-order valence-corrected chi connectivity index (χ1v) is 12.9. The molecule has 9 nitrogen and oxygen atoms in total. The van der Waals surface area contributed by atoms with Crippen LogP contribution in [0.1, 0.15) is 25.3 Å². The number of carbonyl (C=O) groups excluding carboxylic acids is 1. The molecule has 3 aromatic rings. The number of sulfonamides is 1. The summed E-state index contributed by atoms with van der Waals surface area (Å²) in [4.78, 5) is 20.5. The van der Waals surface area contributed by atoms with Gasteiger partial charge in [0.25, 0.3) is 0 Å². The lowest BCUT2D eigenvalue weighted by Gasteiger charge is -2.22. The summed E-state index contributed by atoms with van der Waals surface area (Å²) >= 11 is 12.3. The van der Waals surface area contributed by atoms with E-state index in [-0.39, 0.29) is 29.8 Å². The molecule has 0 aliphatic heterocycles. The molecule has 0 unspecified atom stereocenters. The zero-order chi connectivity index (χ0) is 25.6. The summed E-state index contributed by atoms with van der Waals surface area (Å²) in [5, 5.41) is 1.59. The highest BCUT2D eigenvalue weighted by molar-refractivity contribution is 7.89. The number of hydrogen-bond donors (Lipinski definition) is 2. The van der Waals surface area contributed by atoms with Crippen LogP contribution in [-0.4, -0.2) is 42.8 Å². The summed E-state index contributed by atoms with van der Waals surface area (Å²) in [5.74, 6) is -0.788. The third-order valence-electron chi connectivity index (χ3n) is 4.98. The number of fused-ring (bicyclic) bond motifs is 1. The first-order chi connectivity index (χ1) is 16.6. The van der Waals surface area contributed by atoms with Crippen molar-refractivity contribution in [2.75, 3.05) is 13.2 Å². The Labute approximate surface area is 213 Å². The van der Waals surface area contributed by atoms with Gasteiger partial charge in [0.15, 0.2) is 11.8 Å². The van der Waals surface area contributed by atoms with E-state index in [9.17, 15) is 13.2 Å². The number of ether oxygens (including phenoxy) is 1. The number of benzene rings is 2. The highest BCUT2D eigenvalue weighted by Crippen LogP contribution is 2.32. The minimum atomic E-state index is -4.18. The maximum Gasteiger partial charge on any atom is 0.321 e. The van der Waals surface area contributed by atoms with Crippen LogP contribution in [0.4, 0.5) is 5.82 Å².